The topological polar surface area (TPSA) is 18.5 Å². The van der Waals surface area contributed by atoms with Gasteiger partial charge in [0.05, 0.1) is 7.11 Å². The van der Waals surface area contributed by atoms with Crippen LogP contribution in [0, 0.1) is 22.9 Å². The smallest absolute Gasteiger partial charge is 0.247 e. The number of rotatable bonds is 3. The van der Waals surface area contributed by atoms with Crippen LogP contribution < -0.4 is 4.74 Å². The van der Waals surface area contributed by atoms with E-state index in [1.54, 1.807) is 7.11 Å². The van der Waals surface area contributed by atoms with E-state index in [9.17, 15) is 0 Å². The number of hydrogen-bond donors (Lipinski definition) is 0. The molecule has 132 valence electrons. The largest absolute Gasteiger partial charge is 0.497 e. The summed E-state index contributed by atoms with van der Waals surface area (Å²) < 4.78 is 11.6. The van der Waals surface area contributed by atoms with Crippen molar-refractivity contribution in [3.8, 4) is 5.75 Å². The average Bonchev–Trinajstić information content (AvgIpc) is 2.51. The quantitative estimate of drug-likeness (QED) is 0.621. The summed E-state index contributed by atoms with van der Waals surface area (Å²) in [6.45, 7) is 13.6. The molecule has 1 aliphatic heterocycles. The van der Waals surface area contributed by atoms with E-state index in [0.29, 0.717) is 5.92 Å². The molecule has 0 bridgehead atoms. The second-order valence-electron chi connectivity index (χ2n) is 8.98. The Morgan fingerprint density at radius 3 is 2.21 bits per heavy atom. The van der Waals surface area contributed by atoms with Gasteiger partial charge in [-0.2, -0.15) is 4.74 Å². The molecule has 2 nitrogen and oxygen atoms in total. The van der Waals surface area contributed by atoms with Gasteiger partial charge in [0.15, 0.2) is 0 Å². The molecule has 1 fully saturated rings. The highest BCUT2D eigenvalue weighted by Crippen LogP contribution is 2.45. The van der Waals surface area contributed by atoms with Gasteiger partial charge in [0.25, 0.3) is 0 Å². The van der Waals surface area contributed by atoms with E-state index in [1.165, 1.54) is 11.7 Å². The van der Waals surface area contributed by atoms with Crippen molar-refractivity contribution in [2.45, 2.75) is 60.5 Å². The fourth-order valence-electron chi connectivity index (χ4n) is 2.99. The summed E-state index contributed by atoms with van der Waals surface area (Å²) in [7, 11) is 1.70. The summed E-state index contributed by atoms with van der Waals surface area (Å²) in [5, 5.41) is 0. The lowest BCUT2D eigenvalue weighted by molar-refractivity contribution is -0.0834. The molecule has 0 spiro atoms. The third-order valence-corrected chi connectivity index (χ3v) is 4.73. The molecule has 2 atom stereocenters. The highest BCUT2D eigenvalue weighted by Gasteiger charge is 2.49. The Balaban J connectivity index is 2.13. The van der Waals surface area contributed by atoms with Crippen LogP contribution in [0.5, 0.6) is 5.75 Å². The normalized spacial score (nSPS) is 22.9. The van der Waals surface area contributed by atoms with Gasteiger partial charge in [0.1, 0.15) is 23.7 Å². The highest BCUT2D eigenvalue weighted by molar-refractivity contribution is 5.51. The summed E-state index contributed by atoms with van der Waals surface area (Å²) in [4.78, 5) is 0. The summed E-state index contributed by atoms with van der Waals surface area (Å²) >= 11 is 0. The molecule has 24 heavy (non-hydrogen) atoms. The zero-order valence-electron chi connectivity index (χ0n) is 16.3. The van der Waals surface area contributed by atoms with E-state index < -0.39 is 0 Å². The first-order chi connectivity index (χ1) is 11.1. The van der Waals surface area contributed by atoms with E-state index in [1.807, 2.05) is 12.1 Å². The summed E-state index contributed by atoms with van der Waals surface area (Å²) in [6, 6.07) is 8.22. The maximum atomic E-state index is 6.39. The summed E-state index contributed by atoms with van der Waals surface area (Å²) in [5.74, 6) is 1.42. The zero-order chi connectivity index (χ0) is 18.0. The molecule has 0 radical (unpaired) electrons. The van der Waals surface area contributed by atoms with Crippen molar-refractivity contribution in [3.63, 3.8) is 0 Å². The van der Waals surface area contributed by atoms with Crippen molar-refractivity contribution < 1.29 is 9.47 Å². The first-order valence-corrected chi connectivity index (χ1v) is 8.95. The van der Waals surface area contributed by atoms with E-state index in [4.69, 9.17) is 9.47 Å². The third-order valence-electron chi connectivity index (χ3n) is 4.73. The van der Waals surface area contributed by atoms with Gasteiger partial charge in [-0.3, -0.25) is 0 Å². The second-order valence-corrected chi connectivity index (χ2v) is 8.98. The minimum Gasteiger partial charge on any atom is -0.497 e. The molecule has 0 saturated carbocycles. The molecule has 2 unspecified atom stereocenters. The van der Waals surface area contributed by atoms with Crippen molar-refractivity contribution in [1.82, 2.24) is 0 Å². The minimum atomic E-state index is 0.0934. The van der Waals surface area contributed by atoms with Gasteiger partial charge in [-0.1, -0.05) is 45.1 Å². The van der Waals surface area contributed by atoms with Gasteiger partial charge in [-0.05, 0) is 50.3 Å². The Hall–Kier alpha value is -1.41. The minimum absolute atomic E-state index is 0.0934. The lowest BCUT2D eigenvalue weighted by Gasteiger charge is -2.37. The molecule has 0 N–H and O–H groups in total. The first kappa shape index (κ1) is 18.9. The van der Waals surface area contributed by atoms with Crippen molar-refractivity contribution in [1.29, 1.82) is 0 Å². The molecular formula is C22H33O2+. The summed E-state index contributed by atoms with van der Waals surface area (Å²) in [6.07, 6.45) is 8.19. The predicted octanol–water partition coefficient (Wildman–Crippen LogP) is 6.13. The van der Waals surface area contributed by atoms with E-state index in [2.05, 4.69) is 65.8 Å². The van der Waals surface area contributed by atoms with Gasteiger partial charge in [-0.25, -0.2) is 0 Å². The molecule has 1 aromatic carbocycles. The number of ether oxygens (including phenoxy) is 2. The van der Waals surface area contributed by atoms with Crippen LogP contribution >= 0.6 is 0 Å². The molecule has 1 aromatic rings. The fraction of sp³-hybridized carbons (Fsp3) is 0.591. The Bertz CT molecular complexity index is 521. The van der Waals surface area contributed by atoms with E-state index >= 15 is 0 Å². The van der Waals surface area contributed by atoms with Crippen LogP contribution in [0.1, 0.15) is 59.9 Å². The Labute approximate surface area is 148 Å². The van der Waals surface area contributed by atoms with Crippen LogP contribution in [-0.2, 0) is 4.74 Å². The van der Waals surface area contributed by atoms with Gasteiger partial charge in [0, 0.05) is 5.92 Å². The number of methoxy groups -OCH3 is 1. The van der Waals surface area contributed by atoms with Crippen LogP contribution in [0.3, 0.4) is 0 Å². The number of benzene rings is 1. The number of hydrogen-bond acceptors (Lipinski definition) is 2. The van der Waals surface area contributed by atoms with Crippen molar-refractivity contribution in [2.75, 3.05) is 7.11 Å². The van der Waals surface area contributed by atoms with Gasteiger partial charge in [-0.15, -0.1) is 0 Å². The Morgan fingerprint density at radius 1 is 1.08 bits per heavy atom. The number of allylic oxidation sites excluding steroid dienone is 1. The van der Waals surface area contributed by atoms with Gasteiger partial charge >= 0.3 is 0 Å². The second kappa shape index (κ2) is 7.23. The molecular weight excluding hydrogens is 296 g/mol. The predicted molar refractivity (Wildman–Crippen MR) is 102 cm³/mol. The molecule has 2 rings (SSSR count). The van der Waals surface area contributed by atoms with Crippen LogP contribution in [0.15, 0.2) is 30.3 Å². The highest BCUT2D eigenvalue weighted by atomic mass is 16.5. The third kappa shape index (κ3) is 5.04. The molecule has 0 amide bonds. The SMILES string of the molecule is COc1ccc(/C=C/C2C[C+](C(C)(C)C)OC(C(C)(C)C)C2)cc1. The van der Waals surface area contributed by atoms with E-state index in [0.717, 1.165) is 18.6 Å². The molecule has 1 saturated heterocycles. The zero-order valence-corrected chi connectivity index (χ0v) is 16.3. The lowest BCUT2D eigenvalue weighted by Crippen LogP contribution is -2.40. The molecule has 1 heterocycles. The molecule has 2 heteroatoms. The molecule has 1 aliphatic rings. The van der Waals surface area contributed by atoms with Gasteiger partial charge in [0.2, 0.25) is 6.10 Å². The lowest BCUT2D eigenvalue weighted by atomic mass is 9.75. The maximum absolute atomic E-state index is 6.39. The molecule has 0 aliphatic carbocycles. The van der Waals surface area contributed by atoms with Crippen LogP contribution in [0.2, 0.25) is 0 Å². The van der Waals surface area contributed by atoms with Crippen LogP contribution in [-0.4, -0.2) is 13.2 Å². The Morgan fingerprint density at radius 2 is 1.71 bits per heavy atom. The maximum Gasteiger partial charge on any atom is 0.247 e. The standard InChI is InChI=1S/C22H33O2/c1-21(2,3)19-14-17(15-20(24-19)22(4,5)6)9-8-16-10-12-18(23-7)13-11-16/h8-13,17,19H,14-15H2,1-7H3/q+1/b9-8+. The van der Waals surface area contributed by atoms with Crippen molar-refractivity contribution >= 4 is 6.08 Å². The van der Waals surface area contributed by atoms with Crippen LogP contribution in [0.4, 0.5) is 0 Å². The first-order valence-electron chi connectivity index (χ1n) is 8.95. The van der Waals surface area contributed by atoms with Crippen molar-refractivity contribution in [2.24, 2.45) is 16.7 Å². The monoisotopic (exact) mass is 329 g/mol. The van der Waals surface area contributed by atoms with Crippen LogP contribution in [0.25, 0.3) is 6.08 Å². The average molecular weight is 330 g/mol. The van der Waals surface area contributed by atoms with Crippen molar-refractivity contribution in [3.05, 3.63) is 42.0 Å². The molecule has 0 aromatic heterocycles. The van der Waals surface area contributed by atoms with Gasteiger partial charge < -0.3 is 4.74 Å². The van der Waals surface area contributed by atoms with E-state index in [-0.39, 0.29) is 16.9 Å². The Kier molecular flexibility index (Phi) is 5.70. The summed E-state index contributed by atoms with van der Waals surface area (Å²) in [5.41, 5.74) is 1.46. The fourth-order valence-corrected chi connectivity index (χ4v) is 2.99.